The summed E-state index contributed by atoms with van der Waals surface area (Å²) in [5.74, 6) is 0. The molecule has 0 bridgehead atoms. The molecule has 2 nitrogen and oxygen atoms in total. The summed E-state index contributed by atoms with van der Waals surface area (Å²) < 4.78 is 77.1. The lowest BCUT2D eigenvalue weighted by molar-refractivity contribution is -0.142. The highest BCUT2D eigenvalue weighted by atomic mass is 35.5. The van der Waals surface area contributed by atoms with Crippen molar-refractivity contribution in [3.05, 3.63) is 43.8 Å². The zero-order chi connectivity index (χ0) is 17.4. The van der Waals surface area contributed by atoms with Gasteiger partial charge in [-0.1, -0.05) is 23.2 Å². The minimum atomic E-state index is -5.01. The molecule has 0 aliphatic heterocycles. The van der Waals surface area contributed by atoms with Gasteiger partial charge < -0.3 is 5.32 Å². The largest absolute Gasteiger partial charge is 0.417 e. The van der Waals surface area contributed by atoms with Gasteiger partial charge in [0.2, 0.25) is 0 Å². The number of halogens is 8. The second-order valence-electron chi connectivity index (χ2n) is 4.31. The van der Waals surface area contributed by atoms with E-state index < -0.39 is 34.2 Å². The molecule has 0 atom stereocenters. The Morgan fingerprint density at radius 2 is 1.70 bits per heavy atom. The average Bonchev–Trinajstić information content (AvgIpc) is 2.80. The zero-order valence-electron chi connectivity index (χ0n) is 10.8. The third-order valence-electron chi connectivity index (χ3n) is 2.68. The Kier molecular flexibility index (Phi) is 5.03. The summed E-state index contributed by atoms with van der Waals surface area (Å²) in [5, 5.41) is 1.62. The first-order chi connectivity index (χ1) is 10.5. The van der Waals surface area contributed by atoms with Gasteiger partial charge in [0, 0.05) is 11.1 Å². The van der Waals surface area contributed by atoms with Crippen LogP contribution in [0.3, 0.4) is 0 Å². The van der Waals surface area contributed by atoms with Crippen LogP contribution in [0.1, 0.15) is 16.0 Å². The Bertz CT molecular complexity index is 711. The van der Waals surface area contributed by atoms with Crippen molar-refractivity contribution in [2.45, 2.75) is 18.9 Å². The summed E-state index contributed by atoms with van der Waals surface area (Å²) in [6.45, 7) is -0.0668. The number of thiazole rings is 1. The number of nitrogens with zero attached hydrogens (tertiary/aromatic N) is 1. The molecular weight excluding hydrogens is 389 g/mol. The highest BCUT2D eigenvalue weighted by molar-refractivity contribution is 7.15. The molecule has 11 heteroatoms. The van der Waals surface area contributed by atoms with Crippen molar-refractivity contribution in [3.63, 3.8) is 0 Å². The Morgan fingerprint density at radius 1 is 1.04 bits per heavy atom. The van der Waals surface area contributed by atoms with Gasteiger partial charge in [-0.2, -0.15) is 26.3 Å². The van der Waals surface area contributed by atoms with Crippen LogP contribution < -0.4 is 5.32 Å². The van der Waals surface area contributed by atoms with Gasteiger partial charge in [0.15, 0.2) is 4.47 Å². The van der Waals surface area contributed by atoms with Crippen molar-refractivity contribution >= 4 is 40.2 Å². The van der Waals surface area contributed by atoms with E-state index in [1.54, 1.807) is 0 Å². The Morgan fingerprint density at radius 3 is 2.17 bits per heavy atom. The van der Waals surface area contributed by atoms with Crippen LogP contribution in [0.4, 0.5) is 32.0 Å². The summed E-state index contributed by atoms with van der Waals surface area (Å²) in [5.41, 5.74) is -3.48. The monoisotopic (exact) mass is 394 g/mol. The van der Waals surface area contributed by atoms with Crippen LogP contribution in [-0.2, 0) is 18.9 Å². The summed E-state index contributed by atoms with van der Waals surface area (Å²) in [6, 6.07) is 0.511. The third kappa shape index (κ3) is 4.42. The second kappa shape index (κ2) is 6.37. The lowest BCUT2D eigenvalue weighted by Gasteiger charge is -2.17. The average molecular weight is 395 g/mol. The van der Waals surface area contributed by atoms with Crippen molar-refractivity contribution in [2.75, 3.05) is 5.32 Å². The van der Waals surface area contributed by atoms with Gasteiger partial charge in [0.1, 0.15) is 0 Å². The standard InChI is InChI=1S/C12H6Cl2F6N2S/c13-9-7(12(18,19)20)1-5(11(15,16)17)2-8(9)21-3-6-4-22-10(14)23-6/h1-2,4,21H,3H2. The SMILES string of the molecule is FC(F)(F)c1cc(NCc2cnc(Cl)s2)c(Cl)c(C(F)(F)F)c1. The van der Waals surface area contributed by atoms with Crippen LogP contribution in [0.2, 0.25) is 9.49 Å². The summed E-state index contributed by atoms with van der Waals surface area (Å²) in [4.78, 5) is 4.24. The van der Waals surface area contributed by atoms with Crippen LogP contribution in [0.25, 0.3) is 0 Å². The Hall–Kier alpha value is -1.19. The molecule has 23 heavy (non-hydrogen) atoms. The number of hydrogen-bond donors (Lipinski definition) is 1. The summed E-state index contributed by atoms with van der Waals surface area (Å²) in [7, 11) is 0. The van der Waals surface area contributed by atoms with E-state index in [1.165, 1.54) is 6.20 Å². The first kappa shape index (κ1) is 18.2. The molecule has 0 amide bonds. The van der Waals surface area contributed by atoms with Gasteiger partial charge in [-0.3, -0.25) is 0 Å². The molecule has 0 spiro atoms. The first-order valence-corrected chi connectivity index (χ1v) is 7.37. The normalized spacial score (nSPS) is 12.5. The summed E-state index contributed by atoms with van der Waals surface area (Å²) >= 11 is 12.2. The smallest absolute Gasteiger partial charge is 0.379 e. The van der Waals surface area contributed by atoms with E-state index in [2.05, 4.69) is 10.3 Å². The second-order valence-corrected chi connectivity index (χ2v) is 6.39. The fraction of sp³-hybridized carbons (Fsp3) is 0.250. The highest BCUT2D eigenvalue weighted by Crippen LogP contribution is 2.43. The maximum Gasteiger partial charge on any atom is 0.417 e. The molecule has 1 aromatic heterocycles. The highest BCUT2D eigenvalue weighted by Gasteiger charge is 2.39. The van der Waals surface area contributed by atoms with E-state index in [9.17, 15) is 26.3 Å². The van der Waals surface area contributed by atoms with Crippen LogP contribution in [-0.4, -0.2) is 4.98 Å². The number of anilines is 1. The van der Waals surface area contributed by atoms with E-state index >= 15 is 0 Å². The topological polar surface area (TPSA) is 24.9 Å². The number of benzene rings is 1. The lowest BCUT2D eigenvalue weighted by Crippen LogP contribution is -2.13. The van der Waals surface area contributed by atoms with Crippen molar-refractivity contribution in [2.24, 2.45) is 0 Å². The van der Waals surface area contributed by atoms with Crippen molar-refractivity contribution in [3.8, 4) is 0 Å². The molecule has 1 heterocycles. The zero-order valence-corrected chi connectivity index (χ0v) is 13.1. The van der Waals surface area contributed by atoms with E-state index in [1.807, 2.05) is 0 Å². The van der Waals surface area contributed by atoms with Gasteiger partial charge in [-0.25, -0.2) is 4.98 Å². The lowest BCUT2D eigenvalue weighted by atomic mass is 10.1. The molecule has 0 aliphatic carbocycles. The van der Waals surface area contributed by atoms with Crippen LogP contribution in [0, 0.1) is 0 Å². The summed E-state index contributed by atoms with van der Waals surface area (Å²) in [6.07, 6.45) is -8.59. The maximum absolute atomic E-state index is 12.9. The third-order valence-corrected chi connectivity index (χ3v) is 4.21. The molecule has 0 aliphatic rings. The molecule has 0 unspecified atom stereocenters. The number of nitrogens with one attached hydrogen (secondary N) is 1. The molecule has 0 fully saturated rings. The van der Waals surface area contributed by atoms with E-state index in [0.717, 1.165) is 11.3 Å². The fourth-order valence-electron chi connectivity index (χ4n) is 1.67. The van der Waals surface area contributed by atoms with Crippen LogP contribution >= 0.6 is 34.5 Å². The predicted octanol–water partition coefficient (Wildman–Crippen LogP) is 6.10. The number of hydrogen-bond acceptors (Lipinski definition) is 3. The van der Waals surface area contributed by atoms with Crippen molar-refractivity contribution in [1.29, 1.82) is 0 Å². The first-order valence-electron chi connectivity index (χ1n) is 5.80. The minimum Gasteiger partial charge on any atom is -0.379 e. The number of rotatable bonds is 3. The van der Waals surface area contributed by atoms with Gasteiger partial charge in [-0.05, 0) is 12.1 Å². The molecule has 0 radical (unpaired) electrons. The molecule has 2 aromatic rings. The quantitative estimate of drug-likeness (QED) is 0.636. The molecular formula is C12H6Cl2F6N2S. The van der Waals surface area contributed by atoms with Gasteiger partial charge in [0.05, 0.1) is 28.4 Å². The molecule has 1 N–H and O–H groups in total. The van der Waals surface area contributed by atoms with E-state index in [4.69, 9.17) is 23.2 Å². The van der Waals surface area contributed by atoms with Crippen molar-refractivity contribution < 1.29 is 26.3 Å². The van der Waals surface area contributed by atoms with Gasteiger partial charge in [-0.15, -0.1) is 11.3 Å². The van der Waals surface area contributed by atoms with E-state index in [0.29, 0.717) is 10.9 Å². The minimum absolute atomic E-state index is 0.0168. The molecule has 2 rings (SSSR count). The molecule has 0 saturated heterocycles. The van der Waals surface area contributed by atoms with Gasteiger partial charge in [0.25, 0.3) is 0 Å². The van der Waals surface area contributed by atoms with Crippen LogP contribution in [0.15, 0.2) is 18.3 Å². The Labute approximate surface area is 140 Å². The number of aromatic nitrogens is 1. The Balaban J connectivity index is 2.40. The van der Waals surface area contributed by atoms with Crippen LogP contribution in [0.5, 0.6) is 0 Å². The molecule has 1 aromatic carbocycles. The number of alkyl halides is 6. The maximum atomic E-state index is 12.9. The predicted molar refractivity (Wildman–Crippen MR) is 75.9 cm³/mol. The van der Waals surface area contributed by atoms with Crippen molar-refractivity contribution in [1.82, 2.24) is 4.98 Å². The molecule has 0 saturated carbocycles. The molecule has 126 valence electrons. The fourth-order valence-corrected chi connectivity index (χ4v) is 2.87. The van der Waals surface area contributed by atoms with Gasteiger partial charge >= 0.3 is 12.4 Å². The van der Waals surface area contributed by atoms with E-state index in [-0.39, 0.29) is 17.1 Å².